The summed E-state index contributed by atoms with van der Waals surface area (Å²) in [5.74, 6) is -0.355. The van der Waals surface area contributed by atoms with Crippen LogP contribution >= 0.6 is 0 Å². The van der Waals surface area contributed by atoms with Gasteiger partial charge in [0.05, 0.1) is 17.7 Å². The minimum absolute atomic E-state index is 0.0225. The Morgan fingerprint density at radius 1 is 0.929 bits per heavy atom. The van der Waals surface area contributed by atoms with Gasteiger partial charge in [-0.1, -0.05) is 12.1 Å². The van der Waals surface area contributed by atoms with Gasteiger partial charge in [0.2, 0.25) is 0 Å². The van der Waals surface area contributed by atoms with Gasteiger partial charge >= 0.3 is 0 Å². The molecule has 3 rings (SSSR count). The second kappa shape index (κ2) is 8.10. The third kappa shape index (κ3) is 4.47. The minimum Gasteiger partial charge on any atom is -0.495 e. The van der Waals surface area contributed by atoms with Gasteiger partial charge in [-0.2, -0.15) is 0 Å². The molecule has 8 heteroatoms. The zero-order valence-corrected chi connectivity index (χ0v) is 15.7. The number of benzene rings is 3. The van der Waals surface area contributed by atoms with Gasteiger partial charge in [0.15, 0.2) is 0 Å². The molecule has 3 aromatic rings. The van der Waals surface area contributed by atoms with Crippen molar-refractivity contribution in [3.63, 3.8) is 0 Å². The van der Waals surface area contributed by atoms with Crippen molar-refractivity contribution in [1.82, 2.24) is 0 Å². The molecule has 0 heterocycles. The molecule has 0 atom stereocenters. The fourth-order valence-corrected chi connectivity index (χ4v) is 3.52. The number of carbonyl (C=O) groups is 1. The van der Waals surface area contributed by atoms with E-state index < -0.39 is 21.7 Å². The number of anilines is 2. The summed E-state index contributed by atoms with van der Waals surface area (Å²) in [7, 11) is -2.36. The van der Waals surface area contributed by atoms with Crippen molar-refractivity contribution in [3.05, 3.63) is 84.2 Å². The van der Waals surface area contributed by atoms with E-state index in [-0.39, 0.29) is 16.1 Å². The van der Waals surface area contributed by atoms with Crippen molar-refractivity contribution < 1.29 is 22.3 Å². The Labute approximate surface area is 162 Å². The molecule has 0 saturated carbocycles. The van der Waals surface area contributed by atoms with Crippen LogP contribution in [0.3, 0.4) is 0 Å². The summed E-state index contributed by atoms with van der Waals surface area (Å²) in [5, 5.41) is 2.72. The number of halogens is 1. The van der Waals surface area contributed by atoms with Gasteiger partial charge in [0.25, 0.3) is 15.9 Å². The lowest BCUT2D eigenvalue weighted by atomic mass is 10.2. The molecule has 144 valence electrons. The molecule has 0 unspecified atom stereocenters. The maximum atomic E-state index is 12.9. The molecule has 0 aliphatic heterocycles. The number of hydrogen-bond donors (Lipinski definition) is 2. The number of amides is 1. The monoisotopic (exact) mass is 400 g/mol. The Balaban J connectivity index is 1.75. The molecule has 0 spiro atoms. The van der Waals surface area contributed by atoms with Crippen molar-refractivity contribution in [2.75, 3.05) is 17.1 Å². The quantitative estimate of drug-likeness (QED) is 0.658. The van der Waals surface area contributed by atoms with Crippen LogP contribution in [0.5, 0.6) is 5.75 Å². The van der Waals surface area contributed by atoms with Crippen LogP contribution in [0.2, 0.25) is 0 Å². The number of ether oxygens (including phenoxy) is 1. The molecule has 0 aliphatic carbocycles. The van der Waals surface area contributed by atoms with Crippen LogP contribution in [0.25, 0.3) is 0 Å². The van der Waals surface area contributed by atoms with E-state index in [4.69, 9.17) is 4.74 Å². The van der Waals surface area contributed by atoms with Gasteiger partial charge in [0, 0.05) is 11.3 Å². The third-order valence-electron chi connectivity index (χ3n) is 3.88. The summed E-state index contributed by atoms with van der Waals surface area (Å²) in [5.41, 5.74) is 1.02. The van der Waals surface area contributed by atoms with Crippen LogP contribution in [-0.4, -0.2) is 21.4 Å². The highest BCUT2D eigenvalue weighted by atomic mass is 32.2. The maximum absolute atomic E-state index is 12.9. The predicted octanol–water partition coefficient (Wildman–Crippen LogP) is 3.89. The average molecular weight is 400 g/mol. The molecule has 1 amide bonds. The number of sulfonamides is 1. The Kier molecular flexibility index (Phi) is 5.60. The van der Waals surface area contributed by atoms with Crippen LogP contribution in [0.1, 0.15) is 10.4 Å². The Bertz CT molecular complexity index is 1080. The first-order valence-electron chi connectivity index (χ1n) is 8.22. The molecule has 0 fully saturated rings. The molecule has 6 nitrogen and oxygen atoms in total. The van der Waals surface area contributed by atoms with Crippen molar-refractivity contribution >= 4 is 27.3 Å². The first kappa shape index (κ1) is 19.4. The summed E-state index contributed by atoms with van der Waals surface area (Å²) < 4.78 is 45.3. The standard InChI is InChI=1S/C20H17FN2O4S/c1-27-19-5-3-2-4-18(19)22-20(24)14-6-12-17(13-7-14)28(25,26)23-16-10-8-15(21)9-11-16/h2-13,23H,1H3,(H,22,24). The molecule has 28 heavy (non-hydrogen) atoms. The van der Waals surface area contributed by atoms with Gasteiger partial charge in [-0.3, -0.25) is 9.52 Å². The summed E-state index contributed by atoms with van der Waals surface area (Å²) >= 11 is 0. The molecule has 0 bridgehead atoms. The predicted molar refractivity (Wildman–Crippen MR) is 105 cm³/mol. The van der Waals surface area contributed by atoms with Gasteiger partial charge < -0.3 is 10.1 Å². The topological polar surface area (TPSA) is 84.5 Å². The summed E-state index contributed by atoms with van der Waals surface area (Å²) in [6.07, 6.45) is 0. The normalized spacial score (nSPS) is 10.9. The Hall–Kier alpha value is -3.39. The lowest BCUT2D eigenvalue weighted by molar-refractivity contribution is 0.102. The van der Waals surface area contributed by atoms with E-state index >= 15 is 0 Å². The number of carbonyl (C=O) groups excluding carboxylic acids is 1. The van der Waals surface area contributed by atoms with Crippen LogP contribution in [0.15, 0.2) is 77.7 Å². The lowest BCUT2D eigenvalue weighted by Gasteiger charge is -2.11. The smallest absolute Gasteiger partial charge is 0.261 e. The highest BCUT2D eigenvalue weighted by molar-refractivity contribution is 7.92. The third-order valence-corrected chi connectivity index (χ3v) is 5.28. The number of methoxy groups -OCH3 is 1. The van der Waals surface area contributed by atoms with E-state index in [1.165, 1.54) is 43.5 Å². The number of rotatable bonds is 6. The minimum atomic E-state index is -3.86. The first-order valence-corrected chi connectivity index (χ1v) is 9.70. The highest BCUT2D eigenvalue weighted by Crippen LogP contribution is 2.24. The number of nitrogens with one attached hydrogen (secondary N) is 2. The van der Waals surface area contributed by atoms with E-state index in [2.05, 4.69) is 10.0 Å². The average Bonchev–Trinajstić information content (AvgIpc) is 2.70. The summed E-state index contributed by atoms with van der Waals surface area (Å²) in [4.78, 5) is 12.4. The van der Waals surface area contributed by atoms with Crippen molar-refractivity contribution in [2.45, 2.75) is 4.90 Å². The van der Waals surface area contributed by atoms with Crippen LogP contribution in [-0.2, 0) is 10.0 Å². The number of hydrogen-bond acceptors (Lipinski definition) is 4. The zero-order chi connectivity index (χ0) is 20.1. The second-order valence-electron chi connectivity index (χ2n) is 5.79. The SMILES string of the molecule is COc1ccccc1NC(=O)c1ccc(S(=O)(=O)Nc2ccc(F)cc2)cc1. The van der Waals surface area contributed by atoms with Gasteiger partial charge in [-0.05, 0) is 60.7 Å². The van der Waals surface area contributed by atoms with Crippen LogP contribution in [0.4, 0.5) is 15.8 Å². The molecule has 2 N–H and O–H groups in total. The van der Waals surface area contributed by atoms with E-state index in [9.17, 15) is 17.6 Å². The summed E-state index contributed by atoms with van der Waals surface area (Å²) in [6.45, 7) is 0. The zero-order valence-electron chi connectivity index (χ0n) is 14.8. The van der Waals surface area contributed by atoms with E-state index in [0.717, 1.165) is 12.1 Å². The fourth-order valence-electron chi connectivity index (χ4n) is 2.46. The Morgan fingerprint density at radius 3 is 2.21 bits per heavy atom. The lowest BCUT2D eigenvalue weighted by Crippen LogP contribution is -2.15. The molecule has 0 aliphatic rings. The van der Waals surface area contributed by atoms with Crippen LogP contribution in [0, 0.1) is 5.82 Å². The summed E-state index contributed by atoms with van der Waals surface area (Å²) in [6, 6.07) is 17.4. The van der Waals surface area contributed by atoms with Crippen LogP contribution < -0.4 is 14.8 Å². The second-order valence-corrected chi connectivity index (χ2v) is 7.47. The molecule has 0 saturated heterocycles. The van der Waals surface area contributed by atoms with Gasteiger partial charge in [-0.25, -0.2) is 12.8 Å². The first-order chi connectivity index (χ1) is 13.4. The molecular formula is C20H17FN2O4S. The van der Waals surface area contributed by atoms with Gasteiger partial charge in [-0.15, -0.1) is 0 Å². The van der Waals surface area contributed by atoms with Crippen molar-refractivity contribution in [2.24, 2.45) is 0 Å². The number of para-hydroxylation sites is 2. The van der Waals surface area contributed by atoms with Gasteiger partial charge in [0.1, 0.15) is 11.6 Å². The largest absolute Gasteiger partial charge is 0.495 e. The van der Waals surface area contributed by atoms with Crippen molar-refractivity contribution in [1.29, 1.82) is 0 Å². The van der Waals surface area contributed by atoms with E-state index in [0.29, 0.717) is 11.4 Å². The Morgan fingerprint density at radius 2 is 1.57 bits per heavy atom. The molecule has 0 radical (unpaired) electrons. The van der Waals surface area contributed by atoms with E-state index in [1.807, 2.05) is 0 Å². The van der Waals surface area contributed by atoms with Crippen molar-refractivity contribution in [3.8, 4) is 5.75 Å². The maximum Gasteiger partial charge on any atom is 0.261 e. The highest BCUT2D eigenvalue weighted by Gasteiger charge is 2.16. The molecular weight excluding hydrogens is 383 g/mol. The molecule has 0 aromatic heterocycles. The molecule has 3 aromatic carbocycles. The van der Waals surface area contributed by atoms with E-state index in [1.54, 1.807) is 24.3 Å². The fraction of sp³-hybridized carbons (Fsp3) is 0.0500.